The van der Waals surface area contributed by atoms with Gasteiger partial charge in [-0.15, -0.1) is 11.3 Å². The second-order valence-electron chi connectivity index (χ2n) is 7.71. The SMILES string of the molecule is COc1cc2[nH]ncc2cc1Nc1ncnc2sc3c(c12)CCC(C(=O)N(C)C)C3. The minimum Gasteiger partial charge on any atom is -0.494 e. The lowest BCUT2D eigenvalue weighted by Gasteiger charge is -2.24. The number of thiophene rings is 1. The first-order valence-corrected chi connectivity index (χ1v) is 10.6. The number of H-pyrrole nitrogens is 1. The Kier molecular flexibility index (Phi) is 4.54. The fourth-order valence-electron chi connectivity index (χ4n) is 4.15. The lowest BCUT2D eigenvalue weighted by molar-refractivity contribution is -0.133. The first-order valence-electron chi connectivity index (χ1n) is 9.79. The molecule has 0 bridgehead atoms. The Morgan fingerprint density at radius 2 is 2.20 bits per heavy atom. The van der Waals surface area contributed by atoms with Crippen molar-refractivity contribution in [3.63, 3.8) is 0 Å². The Morgan fingerprint density at radius 3 is 3.00 bits per heavy atom. The molecule has 1 aromatic carbocycles. The highest BCUT2D eigenvalue weighted by Gasteiger charge is 2.30. The van der Waals surface area contributed by atoms with Gasteiger partial charge < -0.3 is 15.0 Å². The van der Waals surface area contributed by atoms with Gasteiger partial charge in [-0.2, -0.15) is 5.10 Å². The van der Waals surface area contributed by atoms with Crippen LogP contribution in [-0.4, -0.2) is 52.2 Å². The summed E-state index contributed by atoms with van der Waals surface area (Å²) in [6.45, 7) is 0. The predicted molar refractivity (Wildman–Crippen MR) is 118 cm³/mol. The van der Waals surface area contributed by atoms with E-state index < -0.39 is 0 Å². The van der Waals surface area contributed by atoms with E-state index in [1.54, 1.807) is 35.9 Å². The quantitative estimate of drug-likeness (QED) is 0.522. The Balaban J connectivity index is 1.55. The van der Waals surface area contributed by atoms with Crippen LogP contribution in [-0.2, 0) is 17.6 Å². The molecule has 2 N–H and O–H groups in total. The number of aromatic nitrogens is 4. The lowest BCUT2D eigenvalue weighted by Crippen LogP contribution is -2.32. The average Bonchev–Trinajstić information content (AvgIpc) is 3.35. The number of aromatic amines is 1. The smallest absolute Gasteiger partial charge is 0.225 e. The number of nitrogens with one attached hydrogen (secondary N) is 2. The van der Waals surface area contributed by atoms with Crippen molar-refractivity contribution in [3.8, 4) is 5.75 Å². The van der Waals surface area contributed by atoms with Crippen molar-refractivity contribution in [1.29, 1.82) is 0 Å². The summed E-state index contributed by atoms with van der Waals surface area (Å²) in [5.41, 5.74) is 2.99. The van der Waals surface area contributed by atoms with Gasteiger partial charge in [-0.25, -0.2) is 9.97 Å². The van der Waals surface area contributed by atoms with Crippen molar-refractivity contribution in [2.45, 2.75) is 19.3 Å². The number of nitrogens with zero attached hydrogens (tertiary/aromatic N) is 4. The molecule has 0 saturated heterocycles. The van der Waals surface area contributed by atoms with Crippen LogP contribution < -0.4 is 10.1 Å². The molecule has 1 aliphatic rings. The summed E-state index contributed by atoms with van der Waals surface area (Å²) in [5, 5.41) is 12.5. The Hall–Kier alpha value is -3.20. The van der Waals surface area contributed by atoms with Crippen LogP contribution in [0.2, 0.25) is 0 Å². The van der Waals surface area contributed by atoms with E-state index in [1.807, 2.05) is 26.2 Å². The number of hydrogen-bond acceptors (Lipinski definition) is 7. The zero-order valence-electron chi connectivity index (χ0n) is 17.0. The summed E-state index contributed by atoms with van der Waals surface area (Å²) in [6.07, 6.45) is 5.81. The Bertz CT molecular complexity index is 1260. The van der Waals surface area contributed by atoms with Crippen LogP contribution in [0, 0.1) is 5.92 Å². The number of methoxy groups -OCH3 is 1. The molecule has 0 fully saturated rings. The van der Waals surface area contributed by atoms with Crippen LogP contribution in [0.3, 0.4) is 0 Å². The molecule has 8 nitrogen and oxygen atoms in total. The topological polar surface area (TPSA) is 96.0 Å². The largest absolute Gasteiger partial charge is 0.494 e. The highest BCUT2D eigenvalue weighted by molar-refractivity contribution is 7.19. The molecule has 0 aliphatic heterocycles. The minimum absolute atomic E-state index is 0.0357. The summed E-state index contributed by atoms with van der Waals surface area (Å²) in [7, 11) is 5.29. The number of anilines is 2. The molecule has 5 rings (SSSR count). The average molecular weight is 423 g/mol. The zero-order chi connectivity index (χ0) is 20.8. The monoisotopic (exact) mass is 422 g/mol. The molecule has 30 heavy (non-hydrogen) atoms. The number of carbonyl (C=O) groups is 1. The second-order valence-corrected chi connectivity index (χ2v) is 8.80. The molecule has 154 valence electrons. The number of aryl methyl sites for hydroxylation is 1. The molecular weight excluding hydrogens is 400 g/mol. The molecule has 0 radical (unpaired) electrons. The maximum Gasteiger partial charge on any atom is 0.225 e. The molecule has 4 aromatic rings. The normalized spacial score (nSPS) is 15.9. The molecule has 3 heterocycles. The first kappa shape index (κ1) is 18.8. The fourth-order valence-corrected chi connectivity index (χ4v) is 5.41. The van der Waals surface area contributed by atoms with Gasteiger partial charge in [-0.1, -0.05) is 0 Å². The van der Waals surface area contributed by atoms with E-state index in [1.165, 1.54) is 10.4 Å². The van der Waals surface area contributed by atoms with E-state index in [-0.39, 0.29) is 11.8 Å². The van der Waals surface area contributed by atoms with E-state index in [0.717, 1.165) is 51.9 Å². The molecule has 1 atom stereocenters. The van der Waals surface area contributed by atoms with Gasteiger partial charge in [0, 0.05) is 36.3 Å². The van der Waals surface area contributed by atoms with Crippen LogP contribution >= 0.6 is 11.3 Å². The molecule has 1 aliphatic carbocycles. The molecular formula is C21H22N6O2S. The maximum atomic E-state index is 12.5. The molecule has 9 heteroatoms. The standard InChI is InChI=1S/C21H22N6O2S/c1-27(2)21(28)11-4-5-13-17(7-11)30-20-18(13)19(22-10-23-20)25-15-6-12-9-24-26-14(12)8-16(15)29-3/h6,8-11H,4-5,7H2,1-3H3,(H,24,26)(H,22,23,25). The highest BCUT2D eigenvalue weighted by atomic mass is 32.1. The number of hydrogen-bond donors (Lipinski definition) is 2. The van der Waals surface area contributed by atoms with Crippen LogP contribution in [0.15, 0.2) is 24.7 Å². The maximum absolute atomic E-state index is 12.5. The van der Waals surface area contributed by atoms with Crippen molar-refractivity contribution in [2.75, 3.05) is 26.5 Å². The number of ether oxygens (including phenoxy) is 1. The molecule has 3 aromatic heterocycles. The van der Waals surface area contributed by atoms with E-state index in [4.69, 9.17) is 4.74 Å². The van der Waals surface area contributed by atoms with Gasteiger partial charge in [-0.3, -0.25) is 9.89 Å². The van der Waals surface area contributed by atoms with Gasteiger partial charge in [0.2, 0.25) is 5.91 Å². The van der Waals surface area contributed by atoms with Gasteiger partial charge in [0.05, 0.1) is 29.9 Å². The number of fused-ring (bicyclic) bond motifs is 4. The Morgan fingerprint density at radius 1 is 1.33 bits per heavy atom. The third-order valence-corrected chi connectivity index (χ3v) is 6.81. The highest BCUT2D eigenvalue weighted by Crippen LogP contribution is 2.41. The summed E-state index contributed by atoms with van der Waals surface area (Å²) in [5.74, 6) is 1.70. The molecule has 1 amide bonds. The van der Waals surface area contributed by atoms with Crippen molar-refractivity contribution < 1.29 is 9.53 Å². The van der Waals surface area contributed by atoms with E-state index in [9.17, 15) is 4.79 Å². The van der Waals surface area contributed by atoms with Crippen molar-refractivity contribution in [3.05, 3.63) is 35.1 Å². The third kappa shape index (κ3) is 3.06. The van der Waals surface area contributed by atoms with Gasteiger partial charge in [0.1, 0.15) is 22.7 Å². The van der Waals surface area contributed by atoms with Crippen LogP contribution in [0.25, 0.3) is 21.1 Å². The van der Waals surface area contributed by atoms with Gasteiger partial charge >= 0.3 is 0 Å². The number of amides is 1. The zero-order valence-corrected chi connectivity index (χ0v) is 17.8. The van der Waals surface area contributed by atoms with E-state index >= 15 is 0 Å². The van der Waals surface area contributed by atoms with E-state index in [0.29, 0.717) is 5.75 Å². The van der Waals surface area contributed by atoms with Gasteiger partial charge in [0.15, 0.2) is 0 Å². The number of carbonyl (C=O) groups excluding carboxylic acids is 1. The van der Waals surface area contributed by atoms with Crippen LogP contribution in [0.1, 0.15) is 16.9 Å². The third-order valence-electron chi connectivity index (χ3n) is 5.65. The van der Waals surface area contributed by atoms with Gasteiger partial charge in [0.25, 0.3) is 0 Å². The molecule has 0 saturated carbocycles. The Labute approximate surface area is 177 Å². The van der Waals surface area contributed by atoms with Crippen molar-refractivity contribution >= 4 is 49.9 Å². The minimum atomic E-state index is 0.0357. The second kappa shape index (κ2) is 7.24. The predicted octanol–water partition coefficient (Wildman–Crippen LogP) is 3.51. The van der Waals surface area contributed by atoms with E-state index in [2.05, 4.69) is 25.5 Å². The summed E-state index contributed by atoms with van der Waals surface area (Å²) in [6, 6.07) is 3.92. The van der Waals surface area contributed by atoms with Crippen LogP contribution in [0.4, 0.5) is 11.5 Å². The molecule has 0 spiro atoms. The summed E-state index contributed by atoms with van der Waals surface area (Å²) < 4.78 is 5.57. The number of rotatable bonds is 4. The van der Waals surface area contributed by atoms with Crippen LogP contribution in [0.5, 0.6) is 5.75 Å². The summed E-state index contributed by atoms with van der Waals surface area (Å²) >= 11 is 1.66. The molecule has 1 unspecified atom stereocenters. The number of benzene rings is 1. The van der Waals surface area contributed by atoms with Crippen molar-refractivity contribution in [1.82, 2.24) is 25.1 Å². The lowest BCUT2D eigenvalue weighted by atomic mass is 9.87. The first-order chi connectivity index (χ1) is 14.5. The summed E-state index contributed by atoms with van der Waals surface area (Å²) in [4.78, 5) is 25.4. The van der Waals surface area contributed by atoms with Crippen molar-refractivity contribution in [2.24, 2.45) is 5.92 Å². The van der Waals surface area contributed by atoms with Gasteiger partial charge in [-0.05, 0) is 30.9 Å². The fraction of sp³-hybridized carbons (Fsp3) is 0.333.